The lowest BCUT2D eigenvalue weighted by molar-refractivity contribution is 0.0962. The van der Waals surface area contributed by atoms with E-state index in [1.54, 1.807) is 0 Å². The predicted octanol–water partition coefficient (Wildman–Crippen LogP) is 4.05. The number of rotatable bonds is 5. The van der Waals surface area contributed by atoms with Gasteiger partial charge in [0.25, 0.3) is 0 Å². The topological polar surface area (TPSA) is 15.3 Å². The molecule has 0 spiro atoms. The molecule has 0 saturated heterocycles. The molecule has 114 valence electrons. The molecule has 1 aliphatic carbocycles. The molecule has 2 heteroatoms. The first kappa shape index (κ1) is 17.0. The van der Waals surface area contributed by atoms with Crippen LogP contribution in [0.25, 0.3) is 0 Å². The van der Waals surface area contributed by atoms with Crippen LogP contribution in [0, 0.1) is 5.41 Å². The molecule has 19 heavy (non-hydrogen) atoms. The molecule has 1 fully saturated rings. The van der Waals surface area contributed by atoms with Gasteiger partial charge < -0.3 is 10.2 Å². The van der Waals surface area contributed by atoms with Crippen molar-refractivity contribution >= 4 is 0 Å². The van der Waals surface area contributed by atoms with Gasteiger partial charge in [0, 0.05) is 17.6 Å². The summed E-state index contributed by atoms with van der Waals surface area (Å²) in [7, 11) is 2.32. The second-order valence-corrected chi connectivity index (χ2v) is 8.38. The van der Waals surface area contributed by atoms with Crippen LogP contribution in [-0.4, -0.2) is 36.1 Å². The van der Waals surface area contributed by atoms with Gasteiger partial charge in [0.2, 0.25) is 0 Å². The van der Waals surface area contributed by atoms with Crippen LogP contribution < -0.4 is 5.32 Å². The lowest BCUT2D eigenvalue weighted by atomic mass is 9.75. The summed E-state index contributed by atoms with van der Waals surface area (Å²) >= 11 is 0. The lowest BCUT2D eigenvalue weighted by Gasteiger charge is -2.41. The zero-order chi connectivity index (χ0) is 14.7. The first-order valence-corrected chi connectivity index (χ1v) is 8.08. The molecule has 0 aromatic heterocycles. The van der Waals surface area contributed by atoms with Crippen LogP contribution in [0.15, 0.2) is 0 Å². The highest BCUT2D eigenvalue weighted by Crippen LogP contribution is 2.37. The van der Waals surface area contributed by atoms with Crippen molar-refractivity contribution in [2.24, 2.45) is 5.41 Å². The highest BCUT2D eigenvalue weighted by Gasteiger charge is 2.30. The van der Waals surface area contributed by atoms with E-state index in [1.807, 2.05) is 0 Å². The van der Waals surface area contributed by atoms with Gasteiger partial charge in [-0.2, -0.15) is 0 Å². The van der Waals surface area contributed by atoms with E-state index in [0.29, 0.717) is 11.5 Å². The summed E-state index contributed by atoms with van der Waals surface area (Å²) < 4.78 is 0. The first-order chi connectivity index (χ1) is 8.61. The summed E-state index contributed by atoms with van der Waals surface area (Å²) in [5.74, 6) is 0. The Morgan fingerprint density at radius 3 is 2.21 bits per heavy atom. The summed E-state index contributed by atoms with van der Waals surface area (Å²) in [6.45, 7) is 15.1. The van der Waals surface area contributed by atoms with Crippen molar-refractivity contribution in [3.05, 3.63) is 0 Å². The maximum atomic E-state index is 3.60. The maximum Gasteiger partial charge on any atom is 0.00965 e. The highest BCUT2D eigenvalue weighted by atomic mass is 15.2. The van der Waals surface area contributed by atoms with Crippen LogP contribution in [0.2, 0.25) is 0 Å². The Labute approximate surface area is 121 Å². The fourth-order valence-corrected chi connectivity index (χ4v) is 3.01. The van der Waals surface area contributed by atoms with Crippen LogP contribution in [0.4, 0.5) is 0 Å². The monoisotopic (exact) mass is 268 g/mol. The third-order valence-electron chi connectivity index (χ3n) is 4.80. The van der Waals surface area contributed by atoms with Gasteiger partial charge in [-0.15, -0.1) is 0 Å². The van der Waals surface area contributed by atoms with Gasteiger partial charge >= 0.3 is 0 Å². The summed E-state index contributed by atoms with van der Waals surface area (Å²) in [6, 6.07) is 1.48. The first-order valence-electron chi connectivity index (χ1n) is 8.08. The zero-order valence-corrected chi connectivity index (χ0v) is 14.3. The molecule has 0 aliphatic heterocycles. The minimum atomic E-state index is 0.243. The van der Waals surface area contributed by atoms with E-state index < -0.39 is 0 Å². The molecule has 1 saturated carbocycles. The van der Waals surface area contributed by atoms with Gasteiger partial charge in [-0.05, 0) is 78.8 Å². The molecule has 0 heterocycles. The molecule has 1 N–H and O–H groups in total. The third-order valence-corrected chi connectivity index (χ3v) is 4.80. The SMILES string of the molecule is CC(CCNC(C)(C)C)N(C)C1CCC(C)(C)CC1. The van der Waals surface area contributed by atoms with Crippen molar-refractivity contribution in [2.45, 2.75) is 91.3 Å². The lowest BCUT2D eigenvalue weighted by Crippen LogP contribution is -2.44. The number of nitrogens with zero attached hydrogens (tertiary/aromatic N) is 1. The molecular formula is C17H36N2. The highest BCUT2D eigenvalue weighted by molar-refractivity contribution is 4.85. The van der Waals surface area contributed by atoms with Crippen LogP contribution >= 0.6 is 0 Å². The molecule has 0 aromatic carbocycles. The summed E-state index contributed by atoms with van der Waals surface area (Å²) in [6.07, 6.45) is 6.76. The summed E-state index contributed by atoms with van der Waals surface area (Å²) in [5, 5.41) is 3.60. The normalized spacial score (nSPS) is 22.7. The van der Waals surface area contributed by atoms with Crippen molar-refractivity contribution < 1.29 is 0 Å². The van der Waals surface area contributed by atoms with Crippen molar-refractivity contribution in [3.8, 4) is 0 Å². The van der Waals surface area contributed by atoms with E-state index in [1.165, 1.54) is 32.1 Å². The smallest absolute Gasteiger partial charge is 0.00965 e. The van der Waals surface area contributed by atoms with E-state index in [-0.39, 0.29) is 5.54 Å². The van der Waals surface area contributed by atoms with Gasteiger partial charge in [-0.25, -0.2) is 0 Å². The maximum absolute atomic E-state index is 3.60. The Balaban J connectivity index is 2.31. The Bertz CT molecular complexity index is 255. The second-order valence-electron chi connectivity index (χ2n) is 8.38. The average Bonchev–Trinajstić information content (AvgIpc) is 2.26. The van der Waals surface area contributed by atoms with Crippen molar-refractivity contribution in [3.63, 3.8) is 0 Å². The summed E-state index contributed by atoms with van der Waals surface area (Å²) in [5.41, 5.74) is 0.821. The van der Waals surface area contributed by atoms with Gasteiger partial charge in [-0.3, -0.25) is 0 Å². The van der Waals surface area contributed by atoms with Crippen LogP contribution in [0.3, 0.4) is 0 Å². The van der Waals surface area contributed by atoms with Crippen molar-refractivity contribution in [1.82, 2.24) is 10.2 Å². The van der Waals surface area contributed by atoms with Crippen LogP contribution in [0.5, 0.6) is 0 Å². The van der Waals surface area contributed by atoms with E-state index in [0.717, 1.165) is 12.6 Å². The van der Waals surface area contributed by atoms with E-state index in [4.69, 9.17) is 0 Å². The van der Waals surface area contributed by atoms with Crippen molar-refractivity contribution in [2.75, 3.05) is 13.6 Å². The molecule has 0 radical (unpaired) electrons. The molecule has 1 atom stereocenters. The molecule has 0 aromatic rings. The fourth-order valence-electron chi connectivity index (χ4n) is 3.01. The summed E-state index contributed by atoms with van der Waals surface area (Å²) in [4.78, 5) is 2.62. The van der Waals surface area contributed by atoms with Gasteiger partial charge in [-0.1, -0.05) is 13.8 Å². The van der Waals surface area contributed by atoms with Crippen LogP contribution in [0.1, 0.15) is 73.6 Å². The standard InChI is InChI=1S/C17H36N2/c1-14(10-13-18-16(2,3)4)19(7)15-8-11-17(5,6)12-9-15/h14-15,18H,8-13H2,1-7H3. The quantitative estimate of drug-likeness (QED) is 0.809. The van der Waals surface area contributed by atoms with Crippen molar-refractivity contribution in [1.29, 1.82) is 0 Å². The molecule has 1 unspecified atom stereocenters. The number of hydrogen-bond acceptors (Lipinski definition) is 2. The minimum absolute atomic E-state index is 0.243. The molecule has 1 aliphatic rings. The molecule has 2 nitrogen and oxygen atoms in total. The molecule has 0 bridgehead atoms. The molecular weight excluding hydrogens is 232 g/mol. The Morgan fingerprint density at radius 2 is 1.74 bits per heavy atom. The zero-order valence-electron chi connectivity index (χ0n) is 14.3. The van der Waals surface area contributed by atoms with E-state index >= 15 is 0 Å². The Hall–Kier alpha value is -0.0800. The Morgan fingerprint density at radius 1 is 1.21 bits per heavy atom. The van der Waals surface area contributed by atoms with Gasteiger partial charge in [0.1, 0.15) is 0 Å². The number of hydrogen-bond donors (Lipinski definition) is 1. The van der Waals surface area contributed by atoms with Gasteiger partial charge in [0.15, 0.2) is 0 Å². The minimum Gasteiger partial charge on any atom is -0.312 e. The van der Waals surface area contributed by atoms with E-state index in [2.05, 4.69) is 58.8 Å². The molecule has 1 rings (SSSR count). The Kier molecular flexibility index (Phi) is 5.88. The number of nitrogens with one attached hydrogen (secondary N) is 1. The predicted molar refractivity (Wildman–Crippen MR) is 85.6 cm³/mol. The largest absolute Gasteiger partial charge is 0.312 e. The fraction of sp³-hybridized carbons (Fsp3) is 1.00. The van der Waals surface area contributed by atoms with Crippen LogP contribution in [-0.2, 0) is 0 Å². The average molecular weight is 268 g/mol. The third kappa shape index (κ3) is 6.27. The second kappa shape index (κ2) is 6.58. The van der Waals surface area contributed by atoms with E-state index in [9.17, 15) is 0 Å². The molecule has 0 amide bonds. The van der Waals surface area contributed by atoms with Gasteiger partial charge in [0.05, 0.1) is 0 Å².